The van der Waals surface area contributed by atoms with Crippen molar-refractivity contribution in [1.82, 2.24) is 20.2 Å². The Morgan fingerprint density at radius 1 is 0.841 bits per heavy atom. The molecule has 44 heavy (non-hydrogen) atoms. The second-order valence-corrected chi connectivity index (χ2v) is 13.7. The number of aromatic nitrogens is 2. The minimum Gasteiger partial charge on any atom is -0.459 e. The lowest BCUT2D eigenvalue weighted by Gasteiger charge is -2.25. The molecule has 0 fully saturated rings. The molecule has 2 unspecified atom stereocenters. The Hall–Kier alpha value is -3.89. The van der Waals surface area contributed by atoms with Crippen LogP contribution < -0.4 is 10.6 Å². The summed E-state index contributed by atoms with van der Waals surface area (Å²) in [6.07, 6.45) is 1.77. The van der Waals surface area contributed by atoms with E-state index >= 15 is 0 Å². The number of hydrogen-bond acceptors (Lipinski definition) is 8. The number of esters is 1. The number of benzene rings is 1. The number of hydrogen-bond donors (Lipinski definition) is 2. The highest BCUT2D eigenvalue weighted by Gasteiger charge is 2.30. The van der Waals surface area contributed by atoms with Gasteiger partial charge in [-0.1, -0.05) is 52.8 Å². The first-order valence-corrected chi connectivity index (χ1v) is 15.0. The Morgan fingerprint density at radius 3 is 1.86 bits per heavy atom. The second kappa shape index (κ2) is 14.7. The number of rotatable bonds is 10. The van der Waals surface area contributed by atoms with E-state index in [-0.39, 0.29) is 30.3 Å². The summed E-state index contributed by atoms with van der Waals surface area (Å²) in [5.41, 5.74) is 1.96. The van der Waals surface area contributed by atoms with E-state index in [9.17, 15) is 19.2 Å². The molecule has 11 nitrogen and oxygen atoms in total. The average Bonchev–Trinajstić information content (AvgIpc) is 3.37. The van der Waals surface area contributed by atoms with Crippen LogP contribution in [-0.2, 0) is 25.6 Å². The van der Waals surface area contributed by atoms with E-state index in [1.165, 1.54) is 10.9 Å². The summed E-state index contributed by atoms with van der Waals surface area (Å²) >= 11 is 0. The number of imidazole rings is 1. The molecule has 244 valence electrons. The molecule has 2 amide bonds. The van der Waals surface area contributed by atoms with E-state index in [1.807, 2.05) is 59.7 Å². The predicted octanol–water partition coefficient (Wildman–Crippen LogP) is 6.13. The van der Waals surface area contributed by atoms with Gasteiger partial charge in [0.15, 0.2) is 0 Å². The lowest BCUT2D eigenvalue weighted by molar-refractivity contribution is -0.148. The molecule has 0 bridgehead atoms. The van der Waals surface area contributed by atoms with Crippen molar-refractivity contribution in [2.24, 2.45) is 11.8 Å². The molecule has 1 aromatic carbocycles. The predicted molar refractivity (Wildman–Crippen MR) is 167 cm³/mol. The van der Waals surface area contributed by atoms with Crippen LogP contribution >= 0.6 is 0 Å². The van der Waals surface area contributed by atoms with Gasteiger partial charge in [0.25, 0.3) is 5.91 Å². The molecule has 0 spiro atoms. The fourth-order valence-electron chi connectivity index (χ4n) is 4.45. The zero-order valence-corrected chi connectivity index (χ0v) is 28.2. The van der Waals surface area contributed by atoms with Gasteiger partial charge in [-0.05, 0) is 77.0 Å². The van der Waals surface area contributed by atoms with E-state index < -0.39 is 41.4 Å². The third-order valence-electron chi connectivity index (χ3n) is 6.82. The van der Waals surface area contributed by atoms with Gasteiger partial charge < -0.3 is 24.8 Å². The minimum absolute atomic E-state index is 0.0176. The van der Waals surface area contributed by atoms with Crippen LogP contribution in [0.1, 0.15) is 109 Å². The SMILES string of the molecule is Cc1c(COC(=O)C(NC(=O)OC(C)(C)C)C(C)C)cccc1[C@H](C)c1cn(C(=O)C(NC(=O)OC(C)(C)C)C(C)C)cn1. The molecule has 0 aliphatic heterocycles. The van der Waals surface area contributed by atoms with Gasteiger partial charge in [-0.3, -0.25) is 9.36 Å². The van der Waals surface area contributed by atoms with E-state index in [0.717, 1.165) is 16.7 Å². The summed E-state index contributed by atoms with van der Waals surface area (Å²) in [7, 11) is 0. The maximum atomic E-state index is 13.3. The summed E-state index contributed by atoms with van der Waals surface area (Å²) in [4.78, 5) is 55.4. The van der Waals surface area contributed by atoms with Gasteiger partial charge >= 0.3 is 18.2 Å². The number of carbonyl (C=O) groups excluding carboxylic acids is 4. The number of ether oxygens (including phenoxy) is 3. The molecule has 11 heteroatoms. The molecular weight excluding hydrogens is 564 g/mol. The molecule has 0 saturated heterocycles. The van der Waals surface area contributed by atoms with Gasteiger partial charge in [-0.25, -0.2) is 19.4 Å². The average molecular weight is 615 g/mol. The molecular formula is C33H50N4O7. The minimum atomic E-state index is -0.867. The Kier molecular flexibility index (Phi) is 12.1. The van der Waals surface area contributed by atoms with Gasteiger partial charge in [0.1, 0.15) is 36.2 Å². The Balaban J connectivity index is 2.17. The second-order valence-electron chi connectivity index (χ2n) is 13.7. The largest absolute Gasteiger partial charge is 0.459 e. The zero-order valence-electron chi connectivity index (χ0n) is 28.2. The van der Waals surface area contributed by atoms with Crippen molar-refractivity contribution in [3.63, 3.8) is 0 Å². The number of nitrogens with zero attached hydrogens (tertiary/aromatic N) is 2. The molecule has 3 atom stereocenters. The Bertz CT molecular complexity index is 1320. The normalized spacial score (nSPS) is 14.0. The summed E-state index contributed by atoms with van der Waals surface area (Å²) < 4.78 is 17.7. The van der Waals surface area contributed by atoms with E-state index in [4.69, 9.17) is 14.2 Å². The van der Waals surface area contributed by atoms with Crippen molar-refractivity contribution < 1.29 is 33.4 Å². The number of nitrogens with one attached hydrogen (secondary N) is 2. The van der Waals surface area contributed by atoms with Crippen LogP contribution in [-0.4, -0.2) is 56.9 Å². The van der Waals surface area contributed by atoms with Gasteiger partial charge in [-0.2, -0.15) is 0 Å². The first-order valence-electron chi connectivity index (χ1n) is 15.0. The third kappa shape index (κ3) is 10.7. The van der Waals surface area contributed by atoms with Crippen molar-refractivity contribution in [2.75, 3.05) is 0 Å². The van der Waals surface area contributed by atoms with Crippen LogP contribution in [0, 0.1) is 18.8 Å². The molecule has 1 aromatic heterocycles. The smallest absolute Gasteiger partial charge is 0.408 e. The molecule has 2 aromatic rings. The van der Waals surface area contributed by atoms with E-state index in [0.29, 0.717) is 5.69 Å². The van der Waals surface area contributed by atoms with E-state index in [2.05, 4.69) is 15.6 Å². The van der Waals surface area contributed by atoms with Crippen LogP contribution in [0.25, 0.3) is 0 Å². The first-order chi connectivity index (χ1) is 20.2. The maximum absolute atomic E-state index is 13.3. The number of alkyl carbamates (subject to hydrolysis) is 2. The molecule has 0 radical (unpaired) electrons. The molecule has 0 saturated carbocycles. The Morgan fingerprint density at radius 2 is 1.36 bits per heavy atom. The Labute approximate surface area is 261 Å². The van der Waals surface area contributed by atoms with Gasteiger partial charge in [0.2, 0.25) is 0 Å². The lowest BCUT2D eigenvalue weighted by Crippen LogP contribution is -2.48. The molecule has 0 aliphatic carbocycles. The van der Waals surface area contributed by atoms with E-state index in [1.54, 1.807) is 47.7 Å². The van der Waals surface area contributed by atoms with Crippen LogP contribution in [0.2, 0.25) is 0 Å². The monoisotopic (exact) mass is 614 g/mol. The summed E-state index contributed by atoms with van der Waals surface area (Å²) in [5.74, 6) is -1.47. The van der Waals surface area contributed by atoms with Crippen molar-refractivity contribution in [3.8, 4) is 0 Å². The van der Waals surface area contributed by atoms with Gasteiger partial charge in [-0.15, -0.1) is 0 Å². The number of carbonyl (C=O) groups is 4. The standard InChI is InChI=1S/C33H50N4O7/c1-19(2)26(35-30(40)43-32(7,8)9)28(38)37-16-25(34-18-37)22(6)24-15-13-14-23(21(24)5)17-42-29(39)27(20(3)4)36-31(41)44-33(10,11)12/h13-16,18-20,22,26-27H,17H2,1-12H3,(H,35,40)(H,36,41)/t22-,26?,27?/m0/s1. The van der Waals surface area contributed by atoms with Crippen molar-refractivity contribution >= 4 is 24.1 Å². The fraction of sp³-hybridized carbons (Fsp3) is 0.606. The fourth-order valence-corrected chi connectivity index (χ4v) is 4.45. The zero-order chi connectivity index (χ0) is 33.6. The number of amides is 2. The summed E-state index contributed by atoms with van der Waals surface area (Å²) in [6.45, 7) is 21.8. The van der Waals surface area contributed by atoms with Crippen LogP contribution in [0.3, 0.4) is 0 Å². The van der Waals surface area contributed by atoms with Crippen LogP contribution in [0.5, 0.6) is 0 Å². The van der Waals surface area contributed by atoms with Crippen LogP contribution in [0.15, 0.2) is 30.7 Å². The molecule has 0 aliphatic rings. The van der Waals surface area contributed by atoms with Crippen molar-refractivity contribution in [3.05, 3.63) is 53.1 Å². The quantitative estimate of drug-likeness (QED) is 0.241. The highest BCUT2D eigenvalue weighted by atomic mass is 16.6. The first kappa shape index (κ1) is 36.3. The third-order valence-corrected chi connectivity index (χ3v) is 6.82. The summed E-state index contributed by atoms with van der Waals surface area (Å²) in [5, 5.41) is 5.30. The van der Waals surface area contributed by atoms with Crippen molar-refractivity contribution in [1.29, 1.82) is 0 Å². The lowest BCUT2D eigenvalue weighted by atomic mass is 9.91. The maximum Gasteiger partial charge on any atom is 0.408 e. The van der Waals surface area contributed by atoms with Crippen molar-refractivity contribution in [2.45, 2.75) is 119 Å². The summed E-state index contributed by atoms with van der Waals surface area (Å²) in [6, 6.07) is 4.05. The highest BCUT2D eigenvalue weighted by Crippen LogP contribution is 2.28. The molecule has 2 rings (SSSR count). The topological polar surface area (TPSA) is 138 Å². The van der Waals surface area contributed by atoms with Gasteiger partial charge in [0, 0.05) is 12.1 Å². The molecule has 2 N–H and O–H groups in total. The molecule has 1 heterocycles. The van der Waals surface area contributed by atoms with Crippen LogP contribution in [0.4, 0.5) is 9.59 Å². The highest BCUT2D eigenvalue weighted by molar-refractivity contribution is 5.88. The van der Waals surface area contributed by atoms with Gasteiger partial charge in [0.05, 0.1) is 5.69 Å².